The van der Waals surface area contributed by atoms with Gasteiger partial charge in [-0.25, -0.2) is 10.0 Å². The lowest BCUT2D eigenvalue weighted by Gasteiger charge is -2.35. The van der Waals surface area contributed by atoms with Gasteiger partial charge < -0.3 is 11.1 Å². The molecule has 0 saturated carbocycles. The molecule has 1 amide bonds. The van der Waals surface area contributed by atoms with Crippen molar-refractivity contribution in [3.63, 3.8) is 0 Å². The molecule has 1 fully saturated rings. The molecule has 0 bridgehead atoms. The molecule has 0 radical (unpaired) electrons. The van der Waals surface area contributed by atoms with E-state index >= 15 is 0 Å². The topological polar surface area (TPSA) is 61.6 Å². The van der Waals surface area contributed by atoms with Gasteiger partial charge in [0.2, 0.25) is 0 Å². The predicted molar refractivity (Wildman–Crippen MR) is 76.6 cm³/mol. The lowest BCUT2D eigenvalue weighted by atomic mass is 10.2. The van der Waals surface area contributed by atoms with Crippen molar-refractivity contribution in [2.75, 3.05) is 39.0 Å². The molecule has 2 rings (SSSR count). The van der Waals surface area contributed by atoms with Crippen molar-refractivity contribution in [2.24, 2.45) is 0 Å². The second kappa shape index (κ2) is 6.54. The maximum absolute atomic E-state index is 11.9. The molecule has 0 unspecified atom stereocenters. The molecule has 0 aromatic heterocycles. The zero-order valence-electron chi connectivity index (χ0n) is 11.4. The molecule has 104 valence electrons. The van der Waals surface area contributed by atoms with Crippen molar-refractivity contribution < 1.29 is 4.79 Å². The summed E-state index contributed by atoms with van der Waals surface area (Å²) in [5.74, 6) is -0.0420. The van der Waals surface area contributed by atoms with Gasteiger partial charge in [-0.2, -0.15) is 0 Å². The highest BCUT2D eigenvalue weighted by atomic mass is 16.1. The number of nitrogens with two attached hydrogens (primary N) is 1. The lowest BCUT2D eigenvalue weighted by Crippen LogP contribution is -2.47. The van der Waals surface area contributed by atoms with E-state index in [1.54, 1.807) is 24.3 Å². The average Bonchev–Trinajstić information content (AvgIpc) is 2.41. The fourth-order valence-electron chi connectivity index (χ4n) is 2.26. The van der Waals surface area contributed by atoms with Crippen LogP contribution < -0.4 is 11.1 Å². The Kier molecular flexibility index (Phi) is 4.76. The Morgan fingerprint density at radius 3 is 2.63 bits per heavy atom. The van der Waals surface area contributed by atoms with Crippen LogP contribution in [0.2, 0.25) is 0 Å². The Balaban J connectivity index is 1.76. The van der Waals surface area contributed by atoms with Crippen LogP contribution in [-0.2, 0) is 0 Å². The van der Waals surface area contributed by atoms with E-state index in [0.717, 1.165) is 19.6 Å². The number of amides is 1. The molecule has 0 atom stereocenters. The van der Waals surface area contributed by atoms with Gasteiger partial charge in [-0.15, -0.1) is 0 Å². The van der Waals surface area contributed by atoms with Crippen LogP contribution in [-0.4, -0.2) is 49.2 Å². The number of nitrogens with one attached hydrogen (secondary N) is 1. The second-order valence-electron chi connectivity index (χ2n) is 4.92. The van der Waals surface area contributed by atoms with E-state index in [0.29, 0.717) is 17.8 Å². The molecule has 1 aromatic rings. The number of carbonyl (C=O) groups excluding carboxylic acids is 1. The van der Waals surface area contributed by atoms with Crippen molar-refractivity contribution in [3.05, 3.63) is 29.8 Å². The Labute approximate surface area is 114 Å². The number of benzene rings is 1. The van der Waals surface area contributed by atoms with Crippen molar-refractivity contribution in [1.29, 1.82) is 0 Å². The van der Waals surface area contributed by atoms with Gasteiger partial charge in [0, 0.05) is 44.5 Å². The summed E-state index contributed by atoms with van der Waals surface area (Å²) in [6, 6.07) is 6.98. The van der Waals surface area contributed by atoms with Crippen molar-refractivity contribution in [1.82, 2.24) is 15.3 Å². The monoisotopic (exact) mass is 262 g/mol. The van der Waals surface area contributed by atoms with Gasteiger partial charge in [0.05, 0.1) is 0 Å². The van der Waals surface area contributed by atoms with Crippen molar-refractivity contribution in [3.8, 4) is 0 Å². The van der Waals surface area contributed by atoms with E-state index in [2.05, 4.69) is 22.4 Å². The van der Waals surface area contributed by atoms with Crippen LogP contribution in [0.3, 0.4) is 0 Å². The molecular formula is C14H22N4O. The normalized spacial score (nSPS) is 17.3. The molecule has 0 spiro atoms. The summed E-state index contributed by atoms with van der Waals surface area (Å²) >= 11 is 0. The third-order valence-electron chi connectivity index (χ3n) is 3.46. The molecule has 1 heterocycles. The third-order valence-corrected chi connectivity index (χ3v) is 3.46. The zero-order chi connectivity index (χ0) is 13.7. The minimum absolute atomic E-state index is 0.0420. The average molecular weight is 262 g/mol. The van der Waals surface area contributed by atoms with Crippen molar-refractivity contribution in [2.45, 2.75) is 12.8 Å². The van der Waals surface area contributed by atoms with Crippen LogP contribution in [0.1, 0.15) is 23.2 Å². The Morgan fingerprint density at radius 2 is 1.95 bits per heavy atom. The van der Waals surface area contributed by atoms with E-state index in [9.17, 15) is 4.79 Å². The molecule has 1 saturated heterocycles. The molecule has 1 aliphatic rings. The van der Waals surface area contributed by atoms with Gasteiger partial charge in [0.15, 0.2) is 0 Å². The first-order valence-electron chi connectivity index (χ1n) is 6.76. The lowest BCUT2D eigenvalue weighted by molar-refractivity contribution is -0.0253. The third kappa shape index (κ3) is 3.94. The fraction of sp³-hybridized carbons (Fsp3) is 0.500. The summed E-state index contributed by atoms with van der Waals surface area (Å²) in [4.78, 5) is 11.9. The SMILES string of the molecule is CN1CCCCN1CCNC(=O)c1ccc(N)cc1. The first kappa shape index (κ1) is 13.8. The number of nitrogen functional groups attached to an aromatic ring is 1. The molecule has 5 nitrogen and oxygen atoms in total. The number of hydrogen-bond acceptors (Lipinski definition) is 4. The highest BCUT2D eigenvalue weighted by molar-refractivity contribution is 5.94. The quantitative estimate of drug-likeness (QED) is 0.793. The number of hydrazine groups is 1. The maximum Gasteiger partial charge on any atom is 0.251 e. The zero-order valence-corrected chi connectivity index (χ0v) is 11.4. The molecule has 0 aliphatic carbocycles. The first-order valence-corrected chi connectivity index (χ1v) is 6.76. The summed E-state index contributed by atoms with van der Waals surface area (Å²) in [5, 5.41) is 7.46. The fourth-order valence-corrected chi connectivity index (χ4v) is 2.26. The van der Waals surface area contributed by atoms with Gasteiger partial charge >= 0.3 is 0 Å². The van der Waals surface area contributed by atoms with Crippen molar-refractivity contribution >= 4 is 11.6 Å². The second-order valence-corrected chi connectivity index (χ2v) is 4.92. The highest BCUT2D eigenvalue weighted by Crippen LogP contribution is 2.07. The van der Waals surface area contributed by atoms with Crippen LogP contribution in [0.15, 0.2) is 24.3 Å². The summed E-state index contributed by atoms with van der Waals surface area (Å²) < 4.78 is 0. The largest absolute Gasteiger partial charge is 0.399 e. The summed E-state index contributed by atoms with van der Waals surface area (Å²) in [7, 11) is 2.10. The predicted octanol–water partition coefficient (Wildman–Crippen LogP) is 0.941. The molecule has 19 heavy (non-hydrogen) atoms. The standard InChI is InChI=1S/C14H22N4O/c1-17-9-2-3-10-18(17)11-8-16-14(19)12-4-6-13(15)7-5-12/h4-7H,2-3,8-11,15H2,1H3,(H,16,19). The van der Waals surface area contributed by atoms with Crippen LogP contribution in [0.25, 0.3) is 0 Å². The minimum atomic E-state index is -0.0420. The number of nitrogens with zero attached hydrogens (tertiary/aromatic N) is 2. The van der Waals surface area contributed by atoms with Crippen LogP contribution >= 0.6 is 0 Å². The van der Waals surface area contributed by atoms with Gasteiger partial charge in [-0.05, 0) is 37.1 Å². The van der Waals surface area contributed by atoms with Gasteiger partial charge in [0.1, 0.15) is 0 Å². The highest BCUT2D eigenvalue weighted by Gasteiger charge is 2.15. The van der Waals surface area contributed by atoms with E-state index in [4.69, 9.17) is 5.73 Å². The van der Waals surface area contributed by atoms with Gasteiger partial charge in [0.25, 0.3) is 5.91 Å². The van der Waals surface area contributed by atoms with Crippen LogP contribution in [0.5, 0.6) is 0 Å². The number of rotatable bonds is 4. The van der Waals surface area contributed by atoms with E-state index < -0.39 is 0 Å². The molecule has 1 aromatic carbocycles. The summed E-state index contributed by atoms with van der Waals surface area (Å²) in [5.41, 5.74) is 6.92. The molecule has 1 aliphatic heterocycles. The van der Waals surface area contributed by atoms with E-state index in [-0.39, 0.29) is 5.91 Å². The maximum atomic E-state index is 11.9. The Bertz CT molecular complexity index is 418. The molecule has 3 N–H and O–H groups in total. The number of hydrogen-bond donors (Lipinski definition) is 2. The smallest absolute Gasteiger partial charge is 0.251 e. The van der Waals surface area contributed by atoms with E-state index in [1.165, 1.54) is 12.8 Å². The van der Waals surface area contributed by atoms with Gasteiger partial charge in [-0.1, -0.05) is 0 Å². The Morgan fingerprint density at radius 1 is 1.26 bits per heavy atom. The van der Waals surface area contributed by atoms with Gasteiger partial charge in [-0.3, -0.25) is 4.79 Å². The number of carbonyl (C=O) groups is 1. The summed E-state index contributed by atoms with van der Waals surface area (Å²) in [6.07, 6.45) is 2.49. The minimum Gasteiger partial charge on any atom is -0.399 e. The Hall–Kier alpha value is -1.59. The number of anilines is 1. The van der Waals surface area contributed by atoms with Crippen LogP contribution in [0, 0.1) is 0 Å². The molecule has 5 heteroatoms. The van der Waals surface area contributed by atoms with Crippen LogP contribution in [0.4, 0.5) is 5.69 Å². The first-order chi connectivity index (χ1) is 9.16. The van der Waals surface area contributed by atoms with E-state index in [1.807, 2.05) is 0 Å². The summed E-state index contributed by atoms with van der Waals surface area (Å²) in [6.45, 7) is 3.70. The molecular weight excluding hydrogens is 240 g/mol.